The Bertz CT molecular complexity index is 947. The molecule has 0 spiro atoms. The van der Waals surface area contributed by atoms with Crippen LogP contribution in [-0.4, -0.2) is 32.1 Å². The fourth-order valence-electron chi connectivity index (χ4n) is 3.15. The van der Waals surface area contributed by atoms with E-state index in [-0.39, 0.29) is 24.8 Å². The molecule has 3 aromatic rings. The van der Waals surface area contributed by atoms with Crippen molar-refractivity contribution in [2.24, 2.45) is 0 Å². The predicted octanol–water partition coefficient (Wildman–Crippen LogP) is 3.18. The van der Waals surface area contributed by atoms with Gasteiger partial charge in [0.25, 0.3) is 12.3 Å². The molecule has 1 aliphatic rings. The zero-order chi connectivity index (χ0) is 17.6. The number of alkyl halides is 2. The first-order chi connectivity index (χ1) is 12.1. The third-order valence-electron chi connectivity index (χ3n) is 4.54. The number of benzene rings is 1. The van der Waals surface area contributed by atoms with Crippen molar-refractivity contribution < 1.29 is 18.0 Å². The molecule has 0 bridgehead atoms. The second kappa shape index (κ2) is 5.94. The van der Waals surface area contributed by atoms with E-state index in [0.717, 1.165) is 17.4 Å². The maximum absolute atomic E-state index is 12.9. The Labute approximate surface area is 142 Å². The van der Waals surface area contributed by atoms with Crippen molar-refractivity contribution in [3.8, 4) is 0 Å². The Morgan fingerprint density at radius 2 is 2.16 bits per heavy atom. The number of rotatable bonds is 3. The number of nitrogens with zero attached hydrogens (tertiary/aromatic N) is 4. The standard InChI is InChI=1S/C17H16F2N4O2/c1-2-10-3-4-13-11(7-10)12(9-25-13)17(24)22-5-6-23-14(8-22)20-21-16(23)15(18)19/h3-4,7,9,15H,2,5-6,8H2,1H3. The van der Waals surface area contributed by atoms with Crippen LogP contribution < -0.4 is 0 Å². The highest BCUT2D eigenvalue weighted by Gasteiger charge is 2.29. The van der Waals surface area contributed by atoms with Crippen LogP contribution in [-0.2, 0) is 19.5 Å². The Hall–Kier alpha value is -2.77. The van der Waals surface area contributed by atoms with Gasteiger partial charge in [-0.05, 0) is 24.1 Å². The van der Waals surface area contributed by atoms with Crippen LogP contribution in [0.5, 0.6) is 0 Å². The molecular formula is C17H16F2N4O2. The van der Waals surface area contributed by atoms with Gasteiger partial charge in [0, 0.05) is 18.5 Å². The number of hydrogen-bond donors (Lipinski definition) is 0. The van der Waals surface area contributed by atoms with Crippen molar-refractivity contribution in [2.75, 3.05) is 6.54 Å². The lowest BCUT2D eigenvalue weighted by Gasteiger charge is -2.27. The molecule has 8 heteroatoms. The molecule has 1 amide bonds. The number of hydrogen-bond acceptors (Lipinski definition) is 4. The van der Waals surface area contributed by atoms with Crippen LogP contribution in [0.25, 0.3) is 11.0 Å². The molecule has 4 rings (SSSR count). The largest absolute Gasteiger partial charge is 0.463 e. The van der Waals surface area contributed by atoms with Crippen LogP contribution in [0.2, 0.25) is 0 Å². The van der Waals surface area contributed by atoms with E-state index in [1.54, 1.807) is 4.90 Å². The van der Waals surface area contributed by atoms with Crippen LogP contribution in [0.15, 0.2) is 28.9 Å². The third-order valence-corrected chi connectivity index (χ3v) is 4.54. The normalized spacial score (nSPS) is 14.3. The van der Waals surface area contributed by atoms with Gasteiger partial charge in [0.05, 0.1) is 12.1 Å². The lowest BCUT2D eigenvalue weighted by atomic mass is 10.1. The van der Waals surface area contributed by atoms with Crippen molar-refractivity contribution in [1.29, 1.82) is 0 Å². The Morgan fingerprint density at radius 3 is 2.92 bits per heavy atom. The fourth-order valence-corrected chi connectivity index (χ4v) is 3.15. The minimum Gasteiger partial charge on any atom is -0.463 e. The van der Waals surface area contributed by atoms with E-state index in [2.05, 4.69) is 10.2 Å². The summed E-state index contributed by atoms with van der Waals surface area (Å²) < 4.78 is 32.7. The average molecular weight is 346 g/mol. The second-order valence-electron chi connectivity index (χ2n) is 5.99. The van der Waals surface area contributed by atoms with Gasteiger partial charge in [-0.1, -0.05) is 13.0 Å². The maximum Gasteiger partial charge on any atom is 0.297 e. The van der Waals surface area contributed by atoms with E-state index in [0.29, 0.717) is 23.5 Å². The zero-order valence-corrected chi connectivity index (χ0v) is 13.6. The molecule has 0 aliphatic carbocycles. The predicted molar refractivity (Wildman–Crippen MR) is 85.3 cm³/mol. The smallest absolute Gasteiger partial charge is 0.297 e. The summed E-state index contributed by atoms with van der Waals surface area (Å²) in [5.74, 6) is -0.166. The van der Waals surface area contributed by atoms with Crippen LogP contribution in [0.1, 0.15) is 40.9 Å². The van der Waals surface area contributed by atoms with E-state index >= 15 is 0 Å². The highest BCUT2D eigenvalue weighted by atomic mass is 19.3. The van der Waals surface area contributed by atoms with Gasteiger partial charge in [-0.15, -0.1) is 10.2 Å². The van der Waals surface area contributed by atoms with Gasteiger partial charge >= 0.3 is 0 Å². The van der Waals surface area contributed by atoms with Gasteiger partial charge in [-0.3, -0.25) is 4.79 Å². The average Bonchev–Trinajstić information content (AvgIpc) is 3.23. The first-order valence-electron chi connectivity index (χ1n) is 8.08. The van der Waals surface area contributed by atoms with Crippen LogP contribution in [0.3, 0.4) is 0 Å². The molecule has 130 valence electrons. The summed E-state index contributed by atoms with van der Waals surface area (Å²) >= 11 is 0. The number of furan rings is 1. The van der Waals surface area contributed by atoms with Crippen molar-refractivity contribution in [2.45, 2.75) is 32.9 Å². The van der Waals surface area contributed by atoms with E-state index in [4.69, 9.17) is 4.42 Å². The minimum absolute atomic E-state index is 0.151. The molecular weight excluding hydrogens is 330 g/mol. The first kappa shape index (κ1) is 15.7. The van der Waals surface area contributed by atoms with Crippen molar-refractivity contribution in [1.82, 2.24) is 19.7 Å². The molecule has 0 atom stereocenters. The Morgan fingerprint density at radius 1 is 1.32 bits per heavy atom. The first-order valence-corrected chi connectivity index (χ1v) is 8.08. The van der Waals surface area contributed by atoms with Crippen LogP contribution in [0.4, 0.5) is 8.78 Å². The summed E-state index contributed by atoms with van der Waals surface area (Å²) in [7, 11) is 0. The van der Waals surface area contributed by atoms with E-state index < -0.39 is 6.43 Å². The quantitative estimate of drug-likeness (QED) is 0.731. The van der Waals surface area contributed by atoms with Crippen LogP contribution in [0, 0.1) is 0 Å². The van der Waals surface area contributed by atoms with Gasteiger partial charge in [0.15, 0.2) is 11.6 Å². The summed E-state index contributed by atoms with van der Waals surface area (Å²) in [4.78, 5) is 14.5. The van der Waals surface area contributed by atoms with Crippen molar-refractivity contribution in [3.05, 3.63) is 47.2 Å². The Balaban J connectivity index is 1.64. The van der Waals surface area contributed by atoms with Gasteiger partial charge < -0.3 is 13.9 Å². The summed E-state index contributed by atoms with van der Waals surface area (Å²) in [5, 5.41) is 8.10. The molecule has 0 fully saturated rings. The second-order valence-corrected chi connectivity index (χ2v) is 5.99. The van der Waals surface area contributed by atoms with Gasteiger partial charge in [-0.2, -0.15) is 0 Å². The number of carbonyl (C=O) groups excluding carboxylic acids is 1. The molecule has 0 saturated heterocycles. The summed E-state index contributed by atoms with van der Waals surface area (Å²) in [6.45, 7) is 2.77. The minimum atomic E-state index is -2.67. The van der Waals surface area contributed by atoms with Gasteiger partial charge in [0.2, 0.25) is 0 Å². The molecule has 3 heterocycles. The third kappa shape index (κ3) is 2.57. The number of aromatic nitrogens is 3. The van der Waals surface area contributed by atoms with Gasteiger partial charge in [0.1, 0.15) is 11.8 Å². The topological polar surface area (TPSA) is 64.2 Å². The molecule has 0 N–H and O–H groups in total. The SMILES string of the molecule is CCc1ccc2occ(C(=O)N3CCn4c(nnc4C(F)F)C3)c2c1. The number of aryl methyl sites for hydroxylation is 1. The molecule has 0 radical (unpaired) electrons. The summed E-state index contributed by atoms with van der Waals surface area (Å²) in [6, 6.07) is 5.77. The highest BCUT2D eigenvalue weighted by molar-refractivity contribution is 6.06. The molecule has 2 aromatic heterocycles. The molecule has 0 unspecified atom stereocenters. The molecule has 25 heavy (non-hydrogen) atoms. The monoisotopic (exact) mass is 346 g/mol. The van der Waals surface area contributed by atoms with Crippen molar-refractivity contribution in [3.63, 3.8) is 0 Å². The number of halogens is 2. The zero-order valence-electron chi connectivity index (χ0n) is 13.6. The highest BCUT2D eigenvalue weighted by Crippen LogP contribution is 2.26. The summed E-state index contributed by atoms with van der Waals surface area (Å²) in [5.41, 5.74) is 2.25. The Kier molecular flexibility index (Phi) is 3.74. The molecule has 0 saturated carbocycles. The maximum atomic E-state index is 12.9. The fraction of sp³-hybridized carbons (Fsp3) is 0.353. The van der Waals surface area contributed by atoms with E-state index in [1.807, 2.05) is 25.1 Å². The molecule has 1 aromatic carbocycles. The number of carbonyl (C=O) groups is 1. The van der Waals surface area contributed by atoms with E-state index in [9.17, 15) is 13.6 Å². The summed E-state index contributed by atoms with van der Waals surface area (Å²) in [6.07, 6.45) is -0.359. The van der Waals surface area contributed by atoms with E-state index in [1.165, 1.54) is 10.8 Å². The number of amides is 1. The number of fused-ring (bicyclic) bond motifs is 2. The van der Waals surface area contributed by atoms with Crippen molar-refractivity contribution >= 4 is 16.9 Å². The lowest BCUT2D eigenvalue weighted by Crippen LogP contribution is -2.38. The van der Waals surface area contributed by atoms with Crippen LogP contribution >= 0.6 is 0 Å². The lowest BCUT2D eigenvalue weighted by molar-refractivity contribution is 0.0700. The molecule has 1 aliphatic heterocycles. The molecule has 6 nitrogen and oxygen atoms in total. The van der Waals surface area contributed by atoms with Gasteiger partial charge in [-0.25, -0.2) is 8.78 Å².